The van der Waals surface area contributed by atoms with Crippen molar-refractivity contribution in [1.29, 1.82) is 0 Å². The molecule has 17 heavy (non-hydrogen) atoms. The fourth-order valence-corrected chi connectivity index (χ4v) is 2.30. The Labute approximate surface area is 104 Å². The molecule has 0 amide bonds. The zero-order chi connectivity index (χ0) is 12.7. The molecule has 4 heteroatoms. The standard InChI is InChI=1S/C13H19NO2S/c1-3-4-5-6-11-14-17(15,16)13-9-7-12(2)8-10-13/h5-10,14H,3-4,11H2,1-2H3/b6-5-. The summed E-state index contributed by atoms with van der Waals surface area (Å²) in [5.41, 5.74) is 1.05. The third-order valence-corrected chi connectivity index (χ3v) is 3.78. The Morgan fingerprint density at radius 2 is 1.82 bits per heavy atom. The van der Waals surface area contributed by atoms with Gasteiger partial charge in [0.2, 0.25) is 10.0 Å². The monoisotopic (exact) mass is 253 g/mol. The molecule has 0 fully saturated rings. The molecule has 0 aliphatic heterocycles. The number of unbranched alkanes of at least 4 members (excludes halogenated alkanes) is 1. The normalized spacial score (nSPS) is 12.1. The van der Waals surface area contributed by atoms with Gasteiger partial charge in [0, 0.05) is 6.54 Å². The van der Waals surface area contributed by atoms with E-state index < -0.39 is 10.0 Å². The Morgan fingerprint density at radius 1 is 1.18 bits per heavy atom. The molecule has 3 nitrogen and oxygen atoms in total. The molecular weight excluding hydrogens is 234 g/mol. The minimum atomic E-state index is -3.37. The van der Waals surface area contributed by atoms with Gasteiger partial charge in [-0.2, -0.15) is 0 Å². The molecule has 1 N–H and O–H groups in total. The van der Waals surface area contributed by atoms with Gasteiger partial charge in [-0.3, -0.25) is 0 Å². The van der Waals surface area contributed by atoms with Crippen molar-refractivity contribution in [3.05, 3.63) is 42.0 Å². The smallest absolute Gasteiger partial charge is 0.207 e. The summed E-state index contributed by atoms with van der Waals surface area (Å²) in [5, 5.41) is 0. The quantitative estimate of drug-likeness (QED) is 0.792. The van der Waals surface area contributed by atoms with Crippen molar-refractivity contribution in [1.82, 2.24) is 4.72 Å². The van der Waals surface area contributed by atoms with Gasteiger partial charge < -0.3 is 0 Å². The molecule has 0 aliphatic rings. The number of allylic oxidation sites excluding steroid dienone is 1. The number of benzene rings is 1. The molecule has 1 rings (SSSR count). The van der Waals surface area contributed by atoms with Crippen molar-refractivity contribution in [2.45, 2.75) is 31.6 Å². The fraction of sp³-hybridized carbons (Fsp3) is 0.385. The summed E-state index contributed by atoms with van der Waals surface area (Å²) in [6.07, 6.45) is 5.88. The van der Waals surface area contributed by atoms with Gasteiger partial charge in [0.1, 0.15) is 0 Å². The van der Waals surface area contributed by atoms with E-state index in [4.69, 9.17) is 0 Å². The average molecular weight is 253 g/mol. The van der Waals surface area contributed by atoms with Crippen LogP contribution in [0.2, 0.25) is 0 Å². The maximum absolute atomic E-state index is 11.8. The molecule has 0 aromatic heterocycles. The summed E-state index contributed by atoms with van der Waals surface area (Å²) < 4.78 is 26.2. The molecular formula is C13H19NO2S. The lowest BCUT2D eigenvalue weighted by atomic mass is 10.2. The number of hydrogen-bond donors (Lipinski definition) is 1. The second-order valence-corrected chi connectivity index (χ2v) is 5.69. The van der Waals surface area contributed by atoms with E-state index in [1.54, 1.807) is 24.3 Å². The molecule has 1 aromatic rings. The van der Waals surface area contributed by atoms with Crippen molar-refractivity contribution in [3.8, 4) is 0 Å². The molecule has 0 bridgehead atoms. The first-order chi connectivity index (χ1) is 8.06. The predicted molar refractivity (Wildman–Crippen MR) is 70.4 cm³/mol. The van der Waals surface area contributed by atoms with E-state index in [-0.39, 0.29) is 0 Å². The van der Waals surface area contributed by atoms with Crippen LogP contribution in [0.5, 0.6) is 0 Å². The number of sulfonamides is 1. The lowest BCUT2D eigenvalue weighted by Crippen LogP contribution is -2.23. The van der Waals surface area contributed by atoms with E-state index in [0.29, 0.717) is 11.4 Å². The Balaban J connectivity index is 2.60. The van der Waals surface area contributed by atoms with E-state index in [9.17, 15) is 8.42 Å². The zero-order valence-corrected chi connectivity index (χ0v) is 11.1. The molecule has 0 aliphatic carbocycles. The van der Waals surface area contributed by atoms with Crippen molar-refractivity contribution in [2.24, 2.45) is 0 Å². The molecule has 0 spiro atoms. The van der Waals surface area contributed by atoms with Crippen molar-refractivity contribution >= 4 is 10.0 Å². The molecule has 94 valence electrons. The van der Waals surface area contributed by atoms with Gasteiger partial charge in [-0.05, 0) is 25.5 Å². The van der Waals surface area contributed by atoms with Crippen LogP contribution in [0.4, 0.5) is 0 Å². The first-order valence-corrected chi connectivity index (χ1v) is 7.26. The molecule has 0 heterocycles. The predicted octanol–water partition coefficient (Wildman–Crippen LogP) is 2.63. The van der Waals surface area contributed by atoms with Crippen LogP contribution in [0.3, 0.4) is 0 Å². The second kappa shape index (κ2) is 6.57. The van der Waals surface area contributed by atoms with Crippen molar-refractivity contribution < 1.29 is 8.42 Å². The maximum atomic E-state index is 11.8. The summed E-state index contributed by atoms with van der Waals surface area (Å²) in [6, 6.07) is 6.82. The van der Waals surface area contributed by atoms with Gasteiger partial charge in [0.25, 0.3) is 0 Å². The zero-order valence-electron chi connectivity index (χ0n) is 10.3. The Kier molecular flexibility index (Phi) is 5.38. The molecule has 0 saturated carbocycles. The first-order valence-electron chi connectivity index (χ1n) is 5.77. The number of rotatable bonds is 6. The summed E-state index contributed by atoms with van der Waals surface area (Å²) in [7, 11) is -3.37. The summed E-state index contributed by atoms with van der Waals surface area (Å²) in [6.45, 7) is 4.36. The van der Waals surface area contributed by atoms with Gasteiger partial charge >= 0.3 is 0 Å². The van der Waals surface area contributed by atoms with E-state index in [0.717, 1.165) is 18.4 Å². The van der Waals surface area contributed by atoms with E-state index in [1.165, 1.54) is 0 Å². The van der Waals surface area contributed by atoms with Crippen LogP contribution in [0.25, 0.3) is 0 Å². The largest absolute Gasteiger partial charge is 0.240 e. The van der Waals surface area contributed by atoms with Gasteiger partial charge in [0.15, 0.2) is 0 Å². The minimum Gasteiger partial charge on any atom is -0.207 e. The van der Waals surface area contributed by atoms with Gasteiger partial charge in [-0.15, -0.1) is 0 Å². The van der Waals surface area contributed by atoms with Gasteiger partial charge in [0.05, 0.1) is 4.90 Å². The van der Waals surface area contributed by atoms with Crippen LogP contribution in [0, 0.1) is 6.92 Å². The Hall–Kier alpha value is -1.13. The third-order valence-electron chi connectivity index (χ3n) is 2.34. The topological polar surface area (TPSA) is 46.2 Å². The van der Waals surface area contributed by atoms with Crippen molar-refractivity contribution in [3.63, 3.8) is 0 Å². The van der Waals surface area contributed by atoms with Gasteiger partial charge in [-0.1, -0.05) is 43.2 Å². The van der Waals surface area contributed by atoms with Crippen LogP contribution in [-0.2, 0) is 10.0 Å². The lowest BCUT2D eigenvalue weighted by molar-refractivity contribution is 0.585. The Bertz CT molecular complexity index is 461. The Morgan fingerprint density at radius 3 is 2.41 bits per heavy atom. The van der Waals surface area contributed by atoms with Crippen LogP contribution < -0.4 is 4.72 Å². The highest BCUT2D eigenvalue weighted by molar-refractivity contribution is 7.89. The van der Waals surface area contributed by atoms with Crippen LogP contribution >= 0.6 is 0 Å². The second-order valence-electron chi connectivity index (χ2n) is 3.93. The number of nitrogens with one attached hydrogen (secondary N) is 1. The molecule has 0 radical (unpaired) electrons. The molecule has 0 unspecified atom stereocenters. The fourth-order valence-electron chi connectivity index (χ4n) is 1.33. The number of hydrogen-bond acceptors (Lipinski definition) is 2. The maximum Gasteiger partial charge on any atom is 0.240 e. The lowest BCUT2D eigenvalue weighted by Gasteiger charge is -2.04. The minimum absolute atomic E-state index is 0.312. The van der Waals surface area contributed by atoms with Crippen LogP contribution in [0.1, 0.15) is 25.3 Å². The molecule has 1 aromatic carbocycles. The summed E-state index contributed by atoms with van der Waals surface area (Å²) in [5.74, 6) is 0. The highest BCUT2D eigenvalue weighted by Gasteiger charge is 2.11. The van der Waals surface area contributed by atoms with Crippen molar-refractivity contribution in [2.75, 3.05) is 6.54 Å². The highest BCUT2D eigenvalue weighted by Crippen LogP contribution is 2.09. The summed E-state index contributed by atoms with van der Waals surface area (Å²) in [4.78, 5) is 0.312. The number of aryl methyl sites for hydroxylation is 1. The first kappa shape index (κ1) is 13.9. The van der Waals surface area contributed by atoms with E-state index in [2.05, 4.69) is 11.6 Å². The SMILES string of the molecule is CCC/C=C\CNS(=O)(=O)c1ccc(C)cc1. The van der Waals surface area contributed by atoms with E-state index >= 15 is 0 Å². The third kappa shape index (κ3) is 4.71. The average Bonchev–Trinajstić information content (AvgIpc) is 2.29. The molecule has 0 saturated heterocycles. The molecule has 0 atom stereocenters. The van der Waals surface area contributed by atoms with Gasteiger partial charge in [-0.25, -0.2) is 13.1 Å². The van der Waals surface area contributed by atoms with E-state index in [1.807, 2.05) is 19.1 Å². The van der Waals surface area contributed by atoms with Crippen LogP contribution in [0.15, 0.2) is 41.3 Å². The van der Waals surface area contributed by atoms with Crippen LogP contribution in [-0.4, -0.2) is 15.0 Å². The summed E-state index contributed by atoms with van der Waals surface area (Å²) >= 11 is 0. The highest BCUT2D eigenvalue weighted by atomic mass is 32.2.